The van der Waals surface area contributed by atoms with Gasteiger partial charge in [0, 0.05) is 35.4 Å². The van der Waals surface area contributed by atoms with E-state index in [1.54, 1.807) is 12.1 Å². The molecule has 0 amide bonds. The average Bonchev–Trinajstić information content (AvgIpc) is 3.01. The van der Waals surface area contributed by atoms with Crippen molar-refractivity contribution in [1.29, 1.82) is 0 Å². The van der Waals surface area contributed by atoms with Crippen LogP contribution in [0.15, 0.2) is 41.3 Å². The summed E-state index contributed by atoms with van der Waals surface area (Å²) in [6.07, 6.45) is 4.21. The Morgan fingerprint density at radius 2 is 1.77 bits per heavy atom. The van der Waals surface area contributed by atoms with E-state index in [1.807, 2.05) is 43.3 Å². The van der Waals surface area contributed by atoms with Gasteiger partial charge in [0.1, 0.15) is 0 Å². The number of aromatic nitrogens is 1. The molecule has 0 bridgehead atoms. The summed E-state index contributed by atoms with van der Waals surface area (Å²) in [7, 11) is 0.203. The van der Waals surface area contributed by atoms with Gasteiger partial charge in [0.2, 0.25) is 0 Å². The van der Waals surface area contributed by atoms with E-state index in [0.29, 0.717) is 10.5 Å². The fourth-order valence-corrected chi connectivity index (χ4v) is 5.96. The highest BCUT2D eigenvalue weighted by Crippen LogP contribution is 2.33. The molecular weight excluding hydrogens is 366 g/mol. The summed E-state index contributed by atoms with van der Waals surface area (Å²) >= 11 is 1.46. The highest BCUT2D eigenvalue weighted by Gasteiger charge is 2.22. The maximum atomic E-state index is 13.1. The maximum Gasteiger partial charge on any atom is 0.264 e. The topological polar surface area (TPSA) is 62.3 Å². The molecule has 2 aromatic carbocycles. The van der Waals surface area contributed by atoms with E-state index in [0.717, 1.165) is 42.5 Å². The Morgan fingerprint density at radius 3 is 2.54 bits per heavy atom. The first kappa shape index (κ1) is 17.3. The van der Waals surface area contributed by atoms with Gasteiger partial charge in [0.25, 0.3) is 10.0 Å². The lowest BCUT2D eigenvalue weighted by molar-refractivity contribution is 0.602. The van der Waals surface area contributed by atoms with Crippen LogP contribution in [0, 0.1) is 0 Å². The van der Waals surface area contributed by atoms with Gasteiger partial charge in [-0.3, -0.25) is 4.72 Å². The van der Waals surface area contributed by atoms with Crippen molar-refractivity contribution >= 4 is 43.0 Å². The number of benzene rings is 2. The molecule has 0 fully saturated rings. The largest absolute Gasteiger partial charge is 0.377 e. The third kappa shape index (κ3) is 3.05. The number of thiazole rings is 1. The fourth-order valence-electron chi connectivity index (χ4n) is 3.45. The second kappa shape index (κ2) is 6.55. The van der Waals surface area contributed by atoms with Crippen LogP contribution < -0.4 is 9.62 Å². The summed E-state index contributed by atoms with van der Waals surface area (Å²) in [5.41, 5.74) is 2.04. The summed E-state index contributed by atoms with van der Waals surface area (Å²) in [6, 6.07) is 11.1. The molecule has 0 aliphatic heterocycles. The van der Waals surface area contributed by atoms with E-state index in [9.17, 15) is 8.42 Å². The van der Waals surface area contributed by atoms with Gasteiger partial charge in [0.15, 0.2) is 5.13 Å². The number of hydrogen-bond acceptors (Lipinski definition) is 5. The van der Waals surface area contributed by atoms with E-state index < -0.39 is 10.0 Å². The molecule has 0 saturated heterocycles. The molecule has 0 spiro atoms. The van der Waals surface area contributed by atoms with E-state index in [-0.39, 0.29) is 4.90 Å². The van der Waals surface area contributed by atoms with Gasteiger partial charge < -0.3 is 4.90 Å². The first-order chi connectivity index (χ1) is 12.5. The van der Waals surface area contributed by atoms with E-state index in [4.69, 9.17) is 0 Å². The lowest BCUT2D eigenvalue weighted by Crippen LogP contribution is -2.14. The third-order valence-electron chi connectivity index (χ3n) is 4.70. The number of rotatable bonds is 4. The van der Waals surface area contributed by atoms with Crippen molar-refractivity contribution in [3.8, 4) is 0 Å². The van der Waals surface area contributed by atoms with Crippen molar-refractivity contribution in [2.45, 2.75) is 30.6 Å². The molecule has 5 nitrogen and oxygen atoms in total. The fraction of sp³-hybridized carbons (Fsp3) is 0.316. The quantitative estimate of drug-likeness (QED) is 0.734. The highest BCUT2D eigenvalue weighted by molar-refractivity contribution is 7.93. The van der Waals surface area contributed by atoms with Crippen LogP contribution in [0.5, 0.6) is 0 Å². The lowest BCUT2D eigenvalue weighted by atomic mass is 10.0. The molecule has 7 heteroatoms. The molecule has 1 aromatic heterocycles. The second-order valence-corrected chi connectivity index (χ2v) is 9.46. The van der Waals surface area contributed by atoms with Crippen LogP contribution in [0.3, 0.4) is 0 Å². The molecule has 0 saturated carbocycles. The number of fused-ring (bicyclic) bond motifs is 2. The predicted octanol–water partition coefficient (Wildman–Crippen LogP) is 4.04. The number of aryl methyl sites for hydroxylation is 2. The van der Waals surface area contributed by atoms with E-state index in [1.165, 1.54) is 16.2 Å². The summed E-state index contributed by atoms with van der Waals surface area (Å²) < 4.78 is 28.8. The molecule has 4 rings (SSSR count). The smallest absolute Gasteiger partial charge is 0.264 e. The van der Waals surface area contributed by atoms with Crippen LogP contribution in [0.25, 0.3) is 10.8 Å². The van der Waals surface area contributed by atoms with Crippen molar-refractivity contribution in [3.63, 3.8) is 0 Å². The zero-order valence-corrected chi connectivity index (χ0v) is 16.5. The molecule has 136 valence electrons. The normalized spacial score (nSPS) is 14.2. The minimum absolute atomic E-state index is 0.284. The molecule has 1 N–H and O–H groups in total. The Balaban J connectivity index is 1.76. The summed E-state index contributed by atoms with van der Waals surface area (Å²) in [4.78, 5) is 7.99. The molecule has 0 unspecified atom stereocenters. The van der Waals surface area contributed by atoms with Crippen LogP contribution in [0.1, 0.15) is 23.4 Å². The molecule has 0 radical (unpaired) electrons. The van der Waals surface area contributed by atoms with E-state index >= 15 is 0 Å². The first-order valence-corrected chi connectivity index (χ1v) is 11.0. The predicted molar refractivity (Wildman–Crippen MR) is 108 cm³/mol. The Labute approximate surface area is 157 Å². The highest BCUT2D eigenvalue weighted by atomic mass is 32.2. The standard InChI is InChI=1S/C19H21N3O2S2/c1-22(2)16-10-5-8-14-13(16)7-6-12-18(14)26(23,24)21-19-20-15-9-3-4-11-17(15)25-19/h5-8,10,12H,3-4,9,11H2,1-2H3,(H,20,21). The van der Waals surface area contributed by atoms with Gasteiger partial charge in [-0.2, -0.15) is 0 Å². The average molecular weight is 388 g/mol. The summed E-state index contributed by atoms with van der Waals surface area (Å²) in [6.45, 7) is 0. The van der Waals surface area contributed by atoms with Crippen LogP contribution in [0.2, 0.25) is 0 Å². The zero-order valence-electron chi connectivity index (χ0n) is 14.8. The molecule has 26 heavy (non-hydrogen) atoms. The Morgan fingerprint density at radius 1 is 1.04 bits per heavy atom. The SMILES string of the molecule is CN(C)c1cccc2c(S(=O)(=O)Nc3nc4c(s3)CCCC4)cccc12. The van der Waals surface area contributed by atoms with Crippen LogP contribution in [-0.4, -0.2) is 27.5 Å². The van der Waals surface area contributed by atoms with Gasteiger partial charge in [-0.1, -0.05) is 24.3 Å². The van der Waals surface area contributed by atoms with Gasteiger partial charge in [-0.25, -0.2) is 13.4 Å². The van der Waals surface area contributed by atoms with Gasteiger partial charge in [-0.15, -0.1) is 11.3 Å². The van der Waals surface area contributed by atoms with Crippen LogP contribution >= 0.6 is 11.3 Å². The third-order valence-corrected chi connectivity index (χ3v) is 7.30. The molecule has 1 heterocycles. The Bertz CT molecular complexity index is 1050. The van der Waals surface area contributed by atoms with Gasteiger partial charge in [0.05, 0.1) is 10.6 Å². The summed E-state index contributed by atoms with van der Waals surface area (Å²) in [5.74, 6) is 0. The van der Waals surface area contributed by atoms with Crippen molar-refractivity contribution < 1.29 is 8.42 Å². The van der Waals surface area contributed by atoms with Gasteiger partial charge >= 0.3 is 0 Å². The zero-order chi connectivity index (χ0) is 18.3. The maximum absolute atomic E-state index is 13.1. The number of hydrogen-bond donors (Lipinski definition) is 1. The molecule has 3 aromatic rings. The number of nitrogens with zero attached hydrogens (tertiary/aromatic N) is 2. The molecule has 1 aliphatic rings. The number of anilines is 2. The van der Waals surface area contributed by atoms with Crippen molar-refractivity contribution in [2.75, 3.05) is 23.7 Å². The second-order valence-electron chi connectivity index (χ2n) is 6.72. The molecule has 0 atom stereocenters. The molecule has 1 aliphatic carbocycles. The van der Waals surface area contributed by atoms with Crippen LogP contribution in [0.4, 0.5) is 10.8 Å². The first-order valence-electron chi connectivity index (χ1n) is 8.66. The molecular formula is C19H21N3O2S2. The van der Waals surface area contributed by atoms with Gasteiger partial charge in [-0.05, 0) is 37.8 Å². The van der Waals surface area contributed by atoms with Crippen molar-refractivity contribution in [2.24, 2.45) is 0 Å². The van der Waals surface area contributed by atoms with Crippen molar-refractivity contribution in [3.05, 3.63) is 47.0 Å². The van der Waals surface area contributed by atoms with Crippen molar-refractivity contribution in [1.82, 2.24) is 4.98 Å². The Hall–Kier alpha value is -2.12. The minimum Gasteiger partial charge on any atom is -0.377 e. The monoisotopic (exact) mass is 387 g/mol. The lowest BCUT2D eigenvalue weighted by Gasteiger charge is -2.17. The summed E-state index contributed by atoms with van der Waals surface area (Å²) in [5, 5.41) is 2.10. The Kier molecular flexibility index (Phi) is 4.36. The number of sulfonamides is 1. The van der Waals surface area contributed by atoms with Crippen LogP contribution in [-0.2, 0) is 22.9 Å². The van der Waals surface area contributed by atoms with E-state index in [2.05, 4.69) is 9.71 Å². The minimum atomic E-state index is -3.70. The number of nitrogens with one attached hydrogen (secondary N) is 1.